The van der Waals surface area contributed by atoms with E-state index in [1.54, 1.807) is 6.26 Å². The molecular formula is C6H8N2O2S. The van der Waals surface area contributed by atoms with Crippen LogP contribution in [0, 0.1) is 0 Å². The number of amides is 2. The van der Waals surface area contributed by atoms with E-state index >= 15 is 0 Å². The Morgan fingerprint density at radius 2 is 2.36 bits per heavy atom. The van der Waals surface area contributed by atoms with Crippen molar-refractivity contribution in [2.75, 3.05) is 12.8 Å². The lowest BCUT2D eigenvalue weighted by atomic mass is 10.5. The molecule has 5 heteroatoms. The molecule has 1 aliphatic rings. The zero-order valence-corrected chi connectivity index (χ0v) is 7.14. The van der Waals surface area contributed by atoms with Gasteiger partial charge in [-0.1, -0.05) is 11.8 Å². The van der Waals surface area contributed by atoms with Crippen LogP contribution in [0.15, 0.2) is 4.99 Å². The molecule has 11 heavy (non-hydrogen) atoms. The normalized spacial score (nSPS) is 17.1. The van der Waals surface area contributed by atoms with Crippen molar-refractivity contribution < 1.29 is 9.59 Å². The first kappa shape index (κ1) is 8.26. The molecule has 1 rings (SSSR count). The van der Waals surface area contributed by atoms with Gasteiger partial charge in [0.25, 0.3) is 5.91 Å². The van der Waals surface area contributed by atoms with E-state index in [1.807, 2.05) is 0 Å². The maximum atomic E-state index is 10.8. The van der Waals surface area contributed by atoms with E-state index in [1.165, 1.54) is 23.6 Å². The van der Waals surface area contributed by atoms with Crippen LogP contribution in [0.4, 0.5) is 0 Å². The molecule has 0 aromatic carbocycles. The number of hydrogen-bond donors (Lipinski definition) is 0. The summed E-state index contributed by atoms with van der Waals surface area (Å²) in [5, 5.41) is 0.502. The van der Waals surface area contributed by atoms with Gasteiger partial charge in [0.05, 0.1) is 0 Å². The Morgan fingerprint density at radius 1 is 1.73 bits per heavy atom. The van der Waals surface area contributed by atoms with Gasteiger partial charge in [-0.05, 0) is 6.26 Å². The SMILES string of the molecule is CSC1=NC(=O)CN1C(C)=O. The Labute approximate surface area is 68.7 Å². The molecule has 0 atom stereocenters. The fourth-order valence-electron chi connectivity index (χ4n) is 0.807. The maximum absolute atomic E-state index is 10.8. The Hall–Kier alpha value is -0.840. The molecule has 0 unspecified atom stereocenters. The predicted octanol–water partition coefficient (Wildman–Crippen LogP) is 0.0941. The molecule has 0 bridgehead atoms. The highest BCUT2D eigenvalue weighted by molar-refractivity contribution is 8.13. The van der Waals surface area contributed by atoms with Crippen LogP contribution in [-0.2, 0) is 9.59 Å². The molecule has 1 aliphatic heterocycles. The molecule has 4 nitrogen and oxygen atoms in total. The van der Waals surface area contributed by atoms with Gasteiger partial charge in [-0.3, -0.25) is 14.5 Å². The van der Waals surface area contributed by atoms with Crippen LogP contribution in [-0.4, -0.2) is 34.7 Å². The third kappa shape index (κ3) is 1.59. The molecular weight excluding hydrogens is 164 g/mol. The van der Waals surface area contributed by atoms with Crippen molar-refractivity contribution >= 4 is 28.7 Å². The topological polar surface area (TPSA) is 49.7 Å². The Morgan fingerprint density at radius 3 is 2.73 bits per heavy atom. The van der Waals surface area contributed by atoms with Crippen LogP contribution >= 0.6 is 11.8 Å². The largest absolute Gasteiger partial charge is 0.282 e. The van der Waals surface area contributed by atoms with Crippen molar-refractivity contribution in [2.24, 2.45) is 4.99 Å². The first-order valence-corrected chi connectivity index (χ1v) is 4.31. The minimum atomic E-state index is -0.246. The predicted molar refractivity (Wildman–Crippen MR) is 43.3 cm³/mol. The number of carbonyl (C=O) groups is 2. The summed E-state index contributed by atoms with van der Waals surface area (Å²) < 4.78 is 0. The van der Waals surface area contributed by atoms with Crippen LogP contribution in [0.2, 0.25) is 0 Å². The van der Waals surface area contributed by atoms with E-state index in [0.717, 1.165) is 0 Å². The van der Waals surface area contributed by atoms with Gasteiger partial charge < -0.3 is 0 Å². The first-order valence-electron chi connectivity index (χ1n) is 3.08. The first-order chi connectivity index (χ1) is 5.15. The zero-order valence-electron chi connectivity index (χ0n) is 6.33. The van der Waals surface area contributed by atoms with Crippen molar-refractivity contribution in [2.45, 2.75) is 6.92 Å². The van der Waals surface area contributed by atoms with E-state index in [2.05, 4.69) is 4.99 Å². The number of thioether (sulfide) groups is 1. The Kier molecular flexibility index (Phi) is 2.28. The van der Waals surface area contributed by atoms with E-state index < -0.39 is 0 Å². The van der Waals surface area contributed by atoms with Gasteiger partial charge >= 0.3 is 0 Å². The molecule has 0 N–H and O–H groups in total. The number of rotatable bonds is 0. The summed E-state index contributed by atoms with van der Waals surface area (Å²) in [6.45, 7) is 1.52. The van der Waals surface area contributed by atoms with Gasteiger partial charge in [0, 0.05) is 6.92 Å². The van der Waals surface area contributed by atoms with Crippen molar-refractivity contribution in [3.63, 3.8) is 0 Å². The van der Waals surface area contributed by atoms with E-state index in [4.69, 9.17) is 0 Å². The standard InChI is InChI=1S/C6H8N2O2S/c1-4(9)8-3-5(10)7-6(8)11-2/h3H2,1-2H3. The lowest BCUT2D eigenvalue weighted by Gasteiger charge is -2.11. The molecule has 0 aromatic heterocycles. The third-order valence-electron chi connectivity index (χ3n) is 1.31. The molecule has 1 heterocycles. The van der Waals surface area contributed by atoms with E-state index in [-0.39, 0.29) is 18.4 Å². The van der Waals surface area contributed by atoms with E-state index in [9.17, 15) is 9.59 Å². The highest BCUT2D eigenvalue weighted by Crippen LogP contribution is 2.11. The summed E-state index contributed by atoms with van der Waals surface area (Å²) in [5.74, 6) is -0.381. The van der Waals surface area contributed by atoms with Crippen molar-refractivity contribution in [3.8, 4) is 0 Å². The molecule has 0 saturated carbocycles. The minimum absolute atomic E-state index is 0.103. The molecule has 2 amide bonds. The molecule has 60 valence electrons. The van der Waals surface area contributed by atoms with Crippen molar-refractivity contribution in [1.82, 2.24) is 4.90 Å². The van der Waals surface area contributed by atoms with Crippen LogP contribution < -0.4 is 0 Å². The molecule has 0 saturated heterocycles. The molecule has 0 fully saturated rings. The number of aliphatic imine (C=N–C) groups is 1. The van der Waals surface area contributed by atoms with Gasteiger partial charge in [-0.25, -0.2) is 0 Å². The summed E-state index contributed by atoms with van der Waals surface area (Å²) in [5.41, 5.74) is 0. The third-order valence-corrected chi connectivity index (χ3v) is 1.98. The number of amidine groups is 1. The summed E-state index contributed by atoms with van der Waals surface area (Å²) in [6.07, 6.45) is 1.79. The second-order valence-electron chi connectivity index (χ2n) is 2.10. The fraction of sp³-hybridized carbons (Fsp3) is 0.500. The number of nitrogens with zero attached hydrogens (tertiary/aromatic N) is 2. The quantitative estimate of drug-likeness (QED) is 0.520. The summed E-state index contributed by atoms with van der Waals surface area (Å²) >= 11 is 1.31. The van der Waals surface area contributed by atoms with Gasteiger partial charge in [-0.15, -0.1) is 0 Å². The lowest BCUT2D eigenvalue weighted by Crippen LogP contribution is -2.30. The van der Waals surface area contributed by atoms with Crippen molar-refractivity contribution in [1.29, 1.82) is 0 Å². The highest BCUT2D eigenvalue weighted by atomic mass is 32.2. The molecule has 0 aliphatic carbocycles. The highest BCUT2D eigenvalue weighted by Gasteiger charge is 2.25. The average Bonchev–Trinajstić information content (AvgIpc) is 2.30. The number of hydrogen-bond acceptors (Lipinski definition) is 3. The van der Waals surface area contributed by atoms with Crippen LogP contribution in [0.5, 0.6) is 0 Å². The Bertz CT molecular complexity index is 237. The smallest absolute Gasteiger partial charge is 0.268 e. The number of carbonyl (C=O) groups excluding carboxylic acids is 2. The second-order valence-corrected chi connectivity index (χ2v) is 2.87. The van der Waals surface area contributed by atoms with Crippen LogP contribution in [0.3, 0.4) is 0 Å². The van der Waals surface area contributed by atoms with Crippen LogP contribution in [0.1, 0.15) is 6.92 Å². The fourth-order valence-corrected chi connectivity index (χ4v) is 1.41. The summed E-state index contributed by atoms with van der Waals surface area (Å²) in [4.78, 5) is 26.6. The van der Waals surface area contributed by atoms with Crippen molar-refractivity contribution in [3.05, 3.63) is 0 Å². The summed E-state index contributed by atoms with van der Waals surface area (Å²) in [7, 11) is 0. The average molecular weight is 172 g/mol. The maximum Gasteiger partial charge on any atom is 0.268 e. The lowest BCUT2D eigenvalue weighted by molar-refractivity contribution is -0.127. The monoisotopic (exact) mass is 172 g/mol. The molecule has 0 radical (unpaired) electrons. The Balaban J connectivity index is 2.79. The molecule has 0 aromatic rings. The molecule has 0 spiro atoms. The minimum Gasteiger partial charge on any atom is -0.282 e. The summed E-state index contributed by atoms with van der Waals surface area (Å²) in [6, 6.07) is 0. The van der Waals surface area contributed by atoms with E-state index in [0.29, 0.717) is 5.17 Å². The van der Waals surface area contributed by atoms with Crippen LogP contribution in [0.25, 0.3) is 0 Å². The van der Waals surface area contributed by atoms with Gasteiger partial charge in [0.1, 0.15) is 6.54 Å². The second kappa shape index (κ2) is 3.04. The van der Waals surface area contributed by atoms with Gasteiger partial charge in [0.2, 0.25) is 5.91 Å². The van der Waals surface area contributed by atoms with Gasteiger partial charge in [-0.2, -0.15) is 4.99 Å². The zero-order chi connectivity index (χ0) is 8.43. The van der Waals surface area contributed by atoms with Gasteiger partial charge in [0.15, 0.2) is 5.17 Å².